The van der Waals surface area contributed by atoms with Crippen molar-refractivity contribution in [2.75, 3.05) is 20.1 Å². The van der Waals surface area contributed by atoms with Gasteiger partial charge in [-0.2, -0.15) is 0 Å². The summed E-state index contributed by atoms with van der Waals surface area (Å²) in [5, 5.41) is 12.7. The fraction of sp³-hybridized carbons (Fsp3) is 0.583. The number of hydrogen-bond acceptors (Lipinski definition) is 4. The standard InChI is InChI=1S/C12H19N3O/c1-15(8-10-2-4-13-5-3-10)9-11-6-12(16)7-14-11/h2-5,11-12,14,16H,6-9H2,1H3. The van der Waals surface area contributed by atoms with Crippen molar-refractivity contribution in [1.29, 1.82) is 0 Å². The molecule has 88 valence electrons. The highest BCUT2D eigenvalue weighted by Gasteiger charge is 2.22. The number of hydrogen-bond donors (Lipinski definition) is 2. The summed E-state index contributed by atoms with van der Waals surface area (Å²) in [4.78, 5) is 6.27. The first-order valence-electron chi connectivity index (χ1n) is 5.73. The van der Waals surface area contributed by atoms with Crippen LogP contribution >= 0.6 is 0 Å². The van der Waals surface area contributed by atoms with Crippen molar-refractivity contribution in [2.24, 2.45) is 0 Å². The molecule has 0 aromatic carbocycles. The largest absolute Gasteiger partial charge is 0.392 e. The van der Waals surface area contributed by atoms with Crippen molar-refractivity contribution in [2.45, 2.75) is 25.1 Å². The third-order valence-corrected chi connectivity index (χ3v) is 2.93. The zero-order chi connectivity index (χ0) is 11.4. The summed E-state index contributed by atoms with van der Waals surface area (Å²) in [6.45, 7) is 2.63. The van der Waals surface area contributed by atoms with Crippen LogP contribution in [0.15, 0.2) is 24.5 Å². The van der Waals surface area contributed by atoms with Crippen molar-refractivity contribution >= 4 is 0 Å². The summed E-state index contributed by atoms with van der Waals surface area (Å²) in [5.41, 5.74) is 1.27. The Morgan fingerprint density at radius 1 is 1.50 bits per heavy atom. The Morgan fingerprint density at radius 3 is 2.88 bits per heavy atom. The van der Waals surface area contributed by atoms with E-state index < -0.39 is 0 Å². The lowest BCUT2D eigenvalue weighted by molar-refractivity contribution is 0.189. The van der Waals surface area contributed by atoms with Crippen LogP contribution in [0, 0.1) is 0 Å². The Labute approximate surface area is 96.3 Å². The average molecular weight is 221 g/mol. The smallest absolute Gasteiger partial charge is 0.0680 e. The van der Waals surface area contributed by atoms with Gasteiger partial charge in [0.1, 0.15) is 0 Å². The lowest BCUT2D eigenvalue weighted by atomic mass is 10.2. The molecule has 0 saturated carbocycles. The molecule has 0 radical (unpaired) electrons. The predicted molar refractivity (Wildman–Crippen MR) is 63.0 cm³/mol. The SMILES string of the molecule is CN(Cc1ccncc1)CC1CC(O)CN1. The minimum absolute atomic E-state index is 0.167. The maximum atomic E-state index is 9.41. The highest BCUT2D eigenvalue weighted by Crippen LogP contribution is 2.09. The second kappa shape index (κ2) is 5.39. The van der Waals surface area contributed by atoms with Gasteiger partial charge in [0.05, 0.1) is 6.10 Å². The molecule has 1 fully saturated rings. The number of nitrogens with zero attached hydrogens (tertiary/aromatic N) is 2. The highest BCUT2D eigenvalue weighted by atomic mass is 16.3. The van der Waals surface area contributed by atoms with Gasteiger partial charge in [0.15, 0.2) is 0 Å². The van der Waals surface area contributed by atoms with Gasteiger partial charge >= 0.3 is 0 Å². The molecule has 16 heavy (non-hydrogen) atoms. The maximum Gasteiger partial charge on any atom is 0.0680 e. The molecule has 2 atom stereocenters. The summed E-state index contributed by atoms with van der Waals surface area (Å²) in [5.74, 6) is 0. The van der Waals surface area contributed by atoms with E-state index in [9.17, 15) is 5.11 Å². The summed E-state index contributed by atoms with van der Waals surface area (Å²) in [7, 11) is 2.10. The van der Waals surface area contributed by atoms with Crippen LogP contribution in [0.1, 0.15) is 12.0 Å². The summed E-state index contributed by atoms with van der Waals surface area (Å²) < 4.78 is 0. The van der Waals surface area contributed by atoms with Gasteiger partial charge in [0, 0.05) is 38.1 Å². The van der Waals surface area contributed by atoms with Gasteiger partial charge in [0.2, 0.25) is 0 Å². The zero-order valence-corrected chi connectivity index (χ0v) is 9.63. The number of aromatic nitrogens is 1. The van der Waals surface area contributed by atoms with Crippen LogP contribution in [-0.4, -0.2) is 47.3 Å². The molecule has 2 unspecified atom stereocenters. The molecule has 0 spiro atoms. The molecule has 1 aliphatic heterocycles. The number of rotatable bonds is 4. The monoisotopic (exact) mass is 221 g/mol. The lowest BCUT2D eigenvalue weighted by Gasteiger charge is -2.20. The first-order valence-corrected chi connectivity index (χ1v) is 5.73. The Hall–Kier alpha value is -0.970. The number of likely N-dealkylation sites (N-methyl/N-ethyl adjacent to an activating group) is 1. The van der Waals surface area contributed by atoms with E-state index in [0.717, 1.165) is 26.1 Å². The number of nitrogens with one attached hydrogen (secondary N) is 1. The Balaban J connectivity index is 1.78. The molecular weight excluding hydrogens is 202 g/mol. The quantitative estimate of drug-likeness (QED) is 0.764. The summed E-state index contributed by atoms with van der Waals surface area (Å²) >= 11 is 0. The topological polar surface area (TPSA) is 48.4 Å². The Kier molecular flexibility index (Phi) is 3.88. The highest BCUT2D eigenvalue weighted by molar-refractivity contribution is 5.09. The first kappa shape index (κ1) is 11.5. The fourth-order valence-corrected chi connectivity index (χ4v) is 2.18. The average Bonchev–Trinajstić information content (AvgIpc) is 2.65. The second-order valence-electron chi connectivity index (χ2n) is 4.55. The molecule has 0 amide bonds. The minimum atomic E-state index is -0.167. The third kappa shape index (κ3) is 3.27. The number of aliphatic hydroxyl groups is 1. The number of β-amino-alcohol motifs (C(OH)–C–C–N with tert-alkyl or cyclic N) is 1. The molecule has 0 bridgehead atoms. The minimum Gasteiger partial charge on any atom is -0.392 e. The van der Waals surface area contributed by atoms with Crippen molar-refractivity contribution in [3.05, 3.63) is 30.1 Å². The van der Waals surface area contributed by atoms with Crippen LogP contribution < -0.4 is 5.32 Å². The second-order valence-corrected chi connectivity index (χ2v) is 4.55. The number of aliphatic hydroxyl groups excluding tert-OH is 1. The van der Waals surface area contributed by atoms with Crippen LogP contribution in [0.5, 0.6) is 0 Å². The number of pyridine rings is 1. The first-order chi connectivity index (χ1) is 7.74. The van der Waals surface area contributed by atoms with Gasteiger partial charge in [-0.25, -0.2) is 0 Å². The van der Waals surface area contributed by atoms with E-state index in [4.69, 9.17) is 0 Å². The Morgan fingerprint density at radius 2 is 2.25 bits per heavy atom. The van der Waals surface area contributed by atoms with Gasteiger partial charge in [-0.3, -0.25) is 4.98 Å². The zero-order valence-electron chi connectivity index (χ0n) is 9.63. The van der Waals surface area contributed by atoms with Crippen LogP contribution in [0.3, 0.4) is 0 Å². The van der Waals surface area contributed by atoms with Gasteiger partial charge in [-0.15, -0.1) is 0 Å². The van der Waals surface area contributed by atoms with Gasteiger partial charge < -0.3 is 15.3 Å². The summed E-state index contributed by atoms with van der Waals surface area (Å²) in [6, 6.07) is 4.49. The molecule has 2 heterocycles. The predicted octanol–water partition coefficient (Wildman–Crippen LogP) is 0.236. The van der Waals surface area contributed by atoms with E-state index in [0.29, 0.717) is 6.04 Å². The van der Waals surface area contributed by atoms with Crippen LogP contribution in [0.4, 0.5) is 0 Å². The van der Waals surface area contributed by atoms with Gasteiger partial charge in [-0.05, 0) is 31.2 Å². The third-order valence-electron chi connectivity index (χ3n) is 2.93. The van der Waals surface area contributed by atoms with E-state index in [-0.39, 0.29) is 6.10 Å². The maximum absolute atomic E-state index is 9.41. The van der Waals surface area contributed by atoms with Crippen molar-refractivity contribution in [1.82, 2.24) is 15.2 Å². The molecule has 1 aromatic heterocycles. The Bertz CT molecular complexity index is 317. The van der Waals surface area contributed by atoms with Crippen LogP contribution in [0.25, 0.3) is 0 Å². The van der Waals surface area contributed by atoms with Crippen LogP contribution in [0.2, 0.25) is 0 Å². The molecule has 1 aromatic rings. The normalized spacial score (nSPS) is 25.2. The van der Waals surface area contributed by atoms with Crippen molar-refractivity contribution < 1.29 is 5.11 Å². The van der Waals surface area contributed by atoms with E-state index in [2.05, 4.69) is 22.2 Å². The van der Waals surface area contributed by atoms with Crippen LogP contribution in [-0.2, 0) is 6.54 Å². The molecule has 2 N–H and O–H groups in total. The molecule has 1 aliphatic rings. The van der Waals surface area contributed by atoms with E-state index in [1.807, 2.05) is 24.5 Å². The molecule has 0 aliphatic carbocycles. The van der Waals surface area contributed by atoms with Gasteiger partial charge in [-0.1, -0.05) is 0 Å². The van der Waals surface area contributed by atoms with Crippen molar-refractivity contribution in [3.8, 4) is 0 Å². The molecular formula is C12H19N3O. The lowest BCUT2D eigenvalue weighted by Crippen LogP contribution is -2.34. The van der Waals surface area contributed by atoms with Gasteiger partial charge in [0.25, 0.3) is 0 Å². The fourth-order valence-electron chi connectivity index (χ4n) is 2.18. The van der Waals surface area contributed by atoms with E-state index in [1.54, 1.807) is 0 Å². The molecule has 2 rings (SSSR count). The van der Waals surface area contributed by atoms with E-state index in [1.165, 1.54) is 5.56 Å². The summed E-state index contributed by atoms with van der Waals surface area (Å²) in [6.07, 6.45) is 4.33. The molecule has 4 nitrogen and oxygen atoms in total. The molecule has 4 heteroatoms. The molecule has 1 saturated heterocycles. The van der Waals surface area contributed by atoms with E-state index >= 15 is 0 Å². The van der Waals surface area contributed by atoms with Crippen molar-refractivity contribution in [3.63, 3.8) is 0 Å².